The lowest BCUT2D eigenvalue weighted by Gasteiger charge is -2.15. The summed E-state index contributed by atoms with van der Waals surface area (Å²) in [6.07, 6.45) is 4.67. The lowest BCUT2D eigenvalue weighted by Crippen LogP contribution is -2.12. The number of nitrogens with one attached hydrogen (secondary N) is 1. The van der Waals surface area contributed by atoms with Gasteiger partial charge in [-0.25, -0.2) is 0 Å². The Morgan fingerprint density at radius 1 is 1.04 bits per heavy atom. The molecule has 1 N–H and O–H groups in total. The van der Waals surface area contributed by atoms with Crippen LogP contribution in [0.5, 0.6) is 0 Å². The highest BCUT2D eigenvalue weighted by Crippen LogP contribution is 2.27. The summed E-state index contributed by atoms with van der Waals surface area (Å²) >= 11 is 0. The number of carbonyl (C=O) groups is 1. The van der Waals surface area contributed by atoms with Gasteiger partial charge in [0.2, 0.25) is 5.89 Å². The molecule has 0 fully saturated rings. The maximum atomic E-state index is 12.3. The quantitative estimate of drug-likeness (QED) is 0.779. The Balaban J connectivity index is 1.54. The number of hydrogen-bond acceptors (Lipinski definition) is 5. The average molecular weight is 337 g/mol. The standard InChI is InChI=1S/C19H19N3O3/c1-11-9-16(12(2)24-11)17(23)20-19-22-21-18(25-19)15-8-7-13-5-3-4-6-14(13)10-15/h7-10H,3-6H2,1-2H3,(H,20,22,23). The summed E-state index contributed by atoms with van der Waals surface area (Å²) in [5, 5.41) is 10.6. The molecule has 4 rings (SSSR count). The van der Waals surface area contributed by atoms with E-state index in [1.54, 1.807) is 19.9 Å². The van der Waals surface area contributed by atoms with Crippen molar-refractivity contribution in [3.05, 3.63) is 52.5 Å². The fourth-order valence-corrected chi connectivity index (χ4v) is 3.28. The Kier molecular flexibility index (Phi) is 3.87. The molecule has 3 aromatic rings. The van der Waals surface area contributed by atoms with Crippen molar-refractivity contribution < 1.29 is 13.6 Å². The summed E-state index contributed by atoms with van der Waals surface area (Å²) in [4.78, 5) is 12.3. The molecule has 128 valence electrons. The SMILES string of the molecule is Cc1cc(C(=O)Nc2nnc(-c3ccc4c(c3)CCCC4)o2)c(C)o1. The second-order valence-corrected chi connectivity index (χ2v) is 6.38. The van der Waals surface area contributed by atoms with Crippen LogP contribution in [0.25, 0.3) is 11.5 Å². The molecule has 6 nitrogen and oxygen atoms in total. The number of fused-ring (bicyclic) bond motifs is 1. The first-order valence-electron chi connectivity index (χ1n) is 8.44. The minimum atomic E-state index is -0.324. The molecule has 0 saturated heterocycles. The number of carbonyl (C=O) groups excluding carboxylic acids is 1. The van der Waals surface area contributed by atoms with Crippen molar-refractivity contribution >= 4 is 11.9 Å². The van der Waals surface area contributed by atoms with Crippen LogP contribution < -0.4 is 5.32 Å². The number of aryl methyl sites for hydroxylation is 4. The van der Waals surface area contributed by atoms with Crippen LogP contribution in [0.4, 0.5) is 6.01 Å². The van der Waals surface area contributed by atoms with Crippen molar-refractivity contribution in [2.24, 2.45) is 0 Å². The van der Waals surface area contributed by atoms with Gasteiger partial charge in [-0.2, -0.15) is 0 Å². The smallest absolute Gasteiger partial charge is 0.322 e. The second-order valence-electron chi connectivity index (χ2n) is 6.38. The zero-order chi connectivity index (χ0) is 17.4. The molecule has 0 spiro atoms. The van der Waals surface area contributed by atoms with Gasteiger partial charge in [-0.05, 0) is 68.9 Å². The number of furan rings is 1. The molecule has 0 bridgehead atoms. The molecular weight excluding hydrogens is 318 g/mol. The van der Waals surface area contributed by atoms with Crippen molar-refractivity contribution in [1.29, 1.82) is 0 Å². The Labute approximate surface area is 145 Å². The molecule has 1 aliphatic carbocycles. The maximum Gasteiger partial charge on any atom is 0.322 e. The average Bonchev–Trinajstić information content (AvgIpc) is 3.20. The summed E-state index contributed by atoms with van der Waals surface area (Å²) in [5.74, 6) is 1.33. The number of amides is 1. The van der Waals surface area contributed by atoms with Gasteiger partial charge in [0.15, 0.2) is 0 Å². The molecule has 2 aromatic heterocycles. The third kappa shape index (κ3) is 3.07. The summed E-state index contributed by atoms with van der Waals surface area (Å²) in [6.45, 7) is 3.54. The number of hydrogen-bond donors (Lipinski definition) is 1. The second kappa shape index (κ2) is 6.20. The van der Waals surface area contributed by atoms with Gasteiger partial charge < -0.3 is 8.83 Å². The van der Waals surface area contributed by atoms with Crippen molar-refractivity contribution in [3.8, 4) is 11.5 Å². The Morgan fingerprint density at radius 3 is 2.60 bits per heavy atom. The first-order valence-corrected chi connectivity index (χ1v) is 8.44. The summed E-state index contributed by atoms with van der Waals surface area (Å²) in [6, 6.07) is 8.00. The summed E-state index contributed by atoms with van der Waals surface area (Å²) in [7, 11) is 0. The van der Waals surface area contributed by atoms with Crippen LogP contribution in [0.2, 0.25) is 0 Å². The fourth-order valence-electron chi connectivity index (χ4n) is 3.28. The molecular formula is C19H19N3O3. The van der Waals surface area contributed by atoms with E-state index in [9.17, 15) is 4.79 Å². The summed E-state index contributed by atoms with van der Waals surface area (Å²) in [5.41, 5.74) is 4.08. The van der Waals surface area contributed by atoms with Crippen LogP contribution in [-0.2, 0) is 12.8 Å². The monoisotopic (exact) mass is 337 g/mol. The molecule has 0 aliphatic heterocycles. The maximum absolute atomic E-state index is 12.3. The van der Waals surface area contributed by atoms with Crippen molar-refractivity contribution in [2.75, 3.05) is 5.32 Å². The highest BCUT2D eigenvalue weighted by molar-refractivity contribution is 6.03. The normalized spacial score (nSPS) is 13.5. The van der Waals surface area contributed by atoms with Gasteiger partial charge in [-0.15, -0.1) is 5.10 Å². The van der Waals surface area contributed by atoms with Gasteiger partial charge in [0.25, 0.3) is 5.91 Å². The van der Waals surface area contributed by atoms with Gasteiger partial charge in [0.05, 0.1) is 5.56 Å². The number of anilines is 1. The number of rotatable bonds is 3. The van der Waals surface area contributed by atoms with E-state index in [0.717, 1.165) is 18.4 Å². The largest absolute Gasteiger partial charge is 0.466 e. The van der Waals surface area contributed by atoms with Gasteiger partial charge >= 0.3 is 6.01 Å². The van der Waals surface area contributed by atoms with E-state index in [-0.39, 0.29) is 11.9 Å². The van der Waals surface area contributed by atoms with Crippen LogP contribution in [0.1, 0.15) is 45.8 Å². The van der Waals surface area contributed by atoms with E-state index in [1.807, 2.05) is 6.07 Å². The van der Waals surface area contributed by atoms with Crippen molar-refractivity contribution in [1.82, 2.24) is 10.2 Å². The molecule has 1 aromatic carbocycles. The van der Waals surface area contributed by atoms with Crippen molar-refractivity contribution in [2.45, 2.75) is 39.5 Å². The predicted octanol–water partition coefficient (Wildman–Crippen LogP) is 4.08. The Bertz CT molecular complexity index is 939. The van der Waals surface area contributed by atoms with Gasteiger partial charge in [0.1, 0.15) is 11.5 Å². The van der Waals surface area contributed by atoms with E-state index in [2.05, 4.69) is 27.6 Å². The minimum Gasteiger partial charge on any atom is -0.466 e. The highest BCUT2D eigenvalue weighted by atomic mass is 16.4. The van der Waals surface area contributed by atoms with Crippen LogP contribution in [0, 0.1) is 13.8 Å². The van der Waals surface area contributed by atoms with E-state index in [0.29, 0.717) is 23.0 Å². The molecule has 1 amide bonds. The fraction of sp³-hybridized carbons (Fsp3) is 0.316. The summed E-state index contributed by atoms with van der Waals surface area (Å²) < 4.78 is 11.0. The molecule has 0 atom stereocenters. The van der Waals surface area contributed by atoms with Crippen LogP contribution >= 0.6 is 0 Å². The molecule has 0 saturated carbocycles. The van der Waals surface area contributed by atoms with Gasteiger partial charge in [-0.1, -0.05) is 11.2 Å². The zero-order valence-electron chi connectivity index (χ0n) is 14.3. The van der Waals surface area contributed by atoms with Crippen LogP contribution in [0.15, 0.2) is 33.1 Å². The third-order valence-corrected chi connectivity index (χ3v) is 4.53. The molecule has 0 unspecified atom stereocenters. The zero-order valence-corrected chi connectivity index (χ0v) is 14.3. The predicted molar refractivity (Wildman–Crippen MR) is 92.5 cm³/mol. The molecule has 2 heterocycles. The molecule has 25 heavy (non-hydrogen) atoms. The van der Waals surface area contributed by atoms with Crippen LogP contribution in [0.3, 0.4) is 0 Å². The molecule has 1 aliphatic rings. The van der Waals surface area contributed by atoms with E-state index >= 15 is 0 Å². The van der Waals surface area contributed by atoms with E-state index < -0.39 is 0 Å². The molecule has 0 radical (unpaired) electrons. The van der Waals surface area contributed by atoms with E-state index in [1.165, 1.54) is 24.0 Å². The van der Waals surface area contributed by atoms with Gasteiger partial charge in [-0.3, -0.25) is 10.1 Å². The Morgan fingerprint density at radius 2 is 1.84 bits per heavy atom. The lowest BCUT2D eigenvalue weighted by atomic mass is 9.90. The number of benzene rings is 1. The van der Waals surface area contributed by atoms with Gasteiger partial charge in [0, 0.05) is 5.56 Å². The Hall–Kier alpha value is -2.89. The topological polar surface area (TPSA) is 81.2 Å². The number of nitrogens with zero attached hydrogens (tertiary/aromatic N) is 2. The van der Waals surface area contributed by atoms with Crippen LogP contribution in [-0.4, -0.2) is 16.1 Å². The van der Waals surface area contributed by atoms with Crippen molar-refractivity contribution in [3.63, 3.8) is 0 Å². The minimum absolute atomic E-state index is 0.0796. The number of aromatic nitrogens is 2. The third-order valence-electron chi connectivity index (χ3n) is 4.53. The first kappa shape index (κ1) is 15.6. The molecule has 6 heteroatoms. The highest BCUT2D eigenvalue weighted by Gasteiger charge is 2.18. The first-order chi connectivity index (χ1) is 12.1. The van der Waals surface area contributed by atoms with E-state index in [4.69, 9.17) is 8.83 Å². The lowest BCUT2D eigenvalue weighted by molar-refractivity contribution is 0.102.